The van der Waals surface area contributed by atoms with Crippen LogP contribution in [0, 0.1) is 0 Å². The monoisotopic (exact) mass is 258 g/mol. The number of hydrogen-bond acceptors (Lipinski definition) is 1. The van der Waals surface area contributed by atoms with Gasteiger partial charge in [-0.1, -0.05) is 50.5 Å². The van der Waals surface area contributed by atoms with E-state index >= 15 is 0 Å². The van der Waals surface area contributed by atoms with Gasteiger partial charge in [-0.3, -0.25) is 0 Å². The lowest BCUT2D eigenvalue weighted by Gasteiger charge is -2.33. The second-order valence-electron chi connectivity index (χ2n) is 5.91. The molecule has 1 unspecified atom stereocenters. The first-order valence-corrected chi connectivity index (χ1v) is 7.66. The summed E-state index contributed by atoms with van der Waals surface area (Å²) in [5, 5.41) is 9.47. The van der Waals surface area contributed by atoms with Crippen molar-refractivity contribution in [1.29, 1.82) is 0 Å². The van der Waals surface area contributed by atoms with Crippen LogP contribution >= 0.6 is 0 Å². The van der Waals surface area contributed by atoms with Gasteiger partial charge in [0.1, 0.15) is 5.75 Å². The summed E-state index contributed by atoms with van der Waals surface area (Å²) in [6.45, 7) is 4.62. The van der Waals surface area contributed by atoms with Crippen molar-refractivity contribution in [3.63, 3.8) is 0 Å². The fourth-order valence-electron chi connectivity index (χ4n) is 3.14. The maximum Gasteiger partial charge on any atom is 0.115 e. The summed E-state index contributed by atoms with van der Waals surface area (Å²) < 4.78 is 0. The van der Waals surface area contributed by atoms with E-state index in [-0.39, 0.29) is 5.41 Å². The van der Waals surface area contributed by atoms with Gasteiger partial charge in [0.25, 0.3) is 0 Å². The van der Waals surface area contributed by atoms with Gasteiger partial charge in [-0.25, -0.2) is 0 Å². The van der Waals surface area contributed by atoms with Gasteiger partial charge in [0, 0.05) is 5.41 Å². The third-order valence-electron chi connectivity index (χ3n) is 4.71. The van der Waals surface area contributed by atoms with Gasteiger partial charge in [0.05, 0.1) is 0 Å². The van der Waals surface area contributed by atoms with Crippen LogP contribution in [-0.2, 0) is 5.41 Å². The summed E-state index contributed by atoms with van der Waals surface area (Å²) in [6.07, 6.45) is 11.4. The molecule has 1 heteroatoms. The number of phenols is 1. The van der Waals surface area contributed by atoms with Crippen molar-refractivity contribution in [2.75, 3.05) is 0 Å². The largest absolute Gasteiger partial charge is 0.508 e. The van der Waals surface area contributed by atoms with Gasteiger partial charge in [-0.2, -0.15) is 0 Å². The first kappa shape index (κ1) is 14.2. The van der Waals surface area contributed by atoms with E-state index < -0.39 is 0 Å². The van der Waals surface area contributed by atoms with Gasteiger partial charge in [0.2, 0.25) is 0 Å². The van der Waals surface area contributed by atoms with Gasteiger partial charge < -0.3 is 5.11 Å². The lowest BCUT2D eigenvalue weighted by atomic mass is 9.71. The molecule has 1 aliphatic rings. The molecule has 1 nitrogen and oxygen atoms in total. The molecule has 2 rings (SSSR count). The molecular weight excluding hydrogens is 232 g/mol. The van der Waals surface area contributed by atoms with E-state index in [9.17, 15) is 5.11 Å². The van der Waals surface area contributed by atoms with E-state index in [2.05, 4.69) is 32.1 Å². The Balaban J connectivity index is 2.31. The Morgan fingerprint density at radius 3 is 2.42 bits per heavy atom. The predicted molar refractivity (Wildman–Crippen MR) is 81.5 cm³/mol. The number of rotatable bonds is 3. The Labute approximate surface area is 117 Å². The molecule has 0 aliphatic heterocycles. The van der Waals surface area contributed by atoms with Crippen LogP contribution in [-0.4, -0.2) is 5.11 Å². The van der Waals surface area contributed by atoms with Crippen LogP contribution in [0.4, 0.5) is 0 Å². The van der Waals surface area contributed by atoms with Gasteiger partial charge in [-0.15, -0.1) is 0 Å². The molecule has 1 aromatic rings. The first-order valence-electron chi connectivity index (χ1n) is 7.66. The highest BCUT2D eigenvalue weighted by molar-refractivity contribution is 5.38. The SMILES string of the molecule is CCC(C)(C1=CCCCCCC1)c1ccc(O)cc1. The molecule has 0 bridgehead atoms. The maximum absolute atomic E-state index is 9.47. The fraction of sp³-hybridized carbons (Fsp3) is 0.556. The molecule has 0 amide bonds. The van der Waals surface area contributed by atoms with Crippen LogP contribution in [0.15, 0.2) is 35.9 Å². The minimum Gasteiger partial charge on any atom is -0.508 e. The number of allylic oxidation sites excluding steroid dienone is 2. The van der Waals surface area contributed by atoms with Crippen LogP contribution in [0.2, 0.25) is 0 Å². The highest BCUT2D eigenvalue weighted by atomic mass is 16.3. The first-order chi connectivity index (χ1) is 9.16. The zero-order valence-electron chi connectivity index (χ0n) is 12.3. The lowest BCUT2D eigenvalue weighted by Crippen LogP contribution is -2.24. The third-order valence-corrected chi connectivity index (χ3v) is 4.71. The molecule has 104 valence electrons. The van der Waals surface area contributed by atoms with Crippen molar-refractivity contribution in [1.82, 2.24) is 0 Å². The molecule has 0 radical (unpaired) electrons. The Morgan fingerprint density at radius 1 is 1.05 bits per heavy atom. The average molecular weight is 258 g/mol. The van der Waals surface area contributed by atoms with Crippen molar-refractivity contribution in [3.8, 4) is 5.75 Å². The minimum atomic E-state index is 0.130. The summed E-state index contributed by atoms with van der Waals surface area (Å²) in [5.41, 5.74) is 3.06. The number of hydrogen-bond donors (Lipinski definition) is 1. The highest BCUT2D eigenvalue weighted by Crippen LogP contribution is 2.39. The summed E-state index contributed by atoms with van der Waals surface area (Å²) in [5.74, 6) is 0.355. The predicted octanol–water partition coefficient (Wildman–Crippen LogP) is 5.34. The van der Waals surface area contributed by atoms with Gasteiger partial charge in [0.15, 0.2) is 0 Å². The minimum absolute atomic E-state index is 0.130. The van der Waals surface area contributed by atoms with Crippen LogP contribution < -0.4 is 0 Å². The molecule has 1 atom stereocenters. The number of benzene rings is 1. The van der Waals surface area contributed by atoms with E-state index in [0.717, 1.165) is 6.42 Å². The van der Waals surface area contributed by atoms with Crippen molar-refractivity contribution in [2.24, 2.45) is 0 Å². The van der Waals surface area contributed by atoms with E-state index in [1.54, 1.807) is 5.57 Å². The lowest BCUT2D eigenvalue weighted by molar-refractivity contribution is 0.470. The van der Waals surface area contributed by atoms with E-state index in [0.29, 0.717) is 5.75 Å². The zero-order chi connectivity index (χ0) is 13.7. The second-order valence-corrected chi connectivity index (χ2v) is 5.91. The smallest absolute Gasteiger partial charge is 0.115 e. The normalized spacial score (nSPS) is 20.0. The molecule has 0 heterocycles. The summed E-state index contributed by atoms with van der Waals surface area (Å²) >= 11 is 0. The third kappa shape index (κ3) is 3.20. The quantitative estimate of drug-likeness (QED) is 0.725. The van der Waals surface area contributed by atoms with Crippen LogP contribution in [0.25, 0.3) is 0 Å². The van der Waals surface area contributed by atoms with Gasteiger partial charge in [-0.05, 0) is 49.8 Å². The molecule has 0 aromatic heterocycles. The summed E-state index contributed by atoms with van der Waals surface area (Å²) in [4.78, 5) is 0. The van der Waals surface area contributed by atoms with Gasteiger partial charge >= 0.3 is 0 Å². The Morgan fingerprint density at radius 2 is 1.74 bits per heavy atom. The Bertz CT molecular complexity index is 430. The molecule has 0 saturated carbocycles. The van der Waals surface area contributed by atoms with E-state index in [1.165, 1.54) is 44.1 Å². The van der Waals surface area contributed by atoms with Crippen LogP contribution in [0.1, 0.15) is 64.4 Å². The molecular formula is C18H26O. The topological polar surface area (TPSA) is 20.2 Å². The van der Waals surface area contributed by atoms with Crippen LogP contribution in [0.5, 0.6) is 5.75 Å². The summed E-state index contributed by atoms with van der Waals surface area (Å²) in [6, 6.07) is 7.79. The Hall–Kier alpha value is -1.24. The standard InChI is InChI=1S/C18H26O/c1-3-18(2,16-11-13-17(19)14-12-16)15-9-7-5-4-6-8-10-15/h9,11-14,19H,3-8,10H2,1-2H3. The van der Waals surface area contributed by atoms with Crippen molar-refractivity contribution >= 4 is 0 Å². The van der Waals surface area contributed by atoms with E-state index in [4.69, 9.17) is 0 Å². The molecule has 1 aliphatic carbocycles. The molecule has 0 saturated heterocycles. The molecule has 1 N–H and O–H groups in total. The van der Waals surface area contributed by atoms with Crippen molar-refractivity contribution in [2.45, 2.75) is 64.2 Å². The van der Waals surface area contributed by atoms with Crippen molar-refractivity contribution < 1.29 is 5.11 Å². The maximum atomic E-state index is 9.47. The molecule has 0 spiro atoms. The highest BCUT2D eigenvalue weighted by Gasteiger charge is 2.28. The second kappa shape index (κ2) is 6.27. The number of aromatic hydroxyl groups is 1. The number of phenolic OH excluding ortho intramolecular Hbond substituents is 1. The molecule has 1 aromatic carbocycles. The molecule has 19 heavy (non-hydrogen) atoms. The van der Waals surface area contributed by atoms with E-state index in [1.807, 2.05) is 12.1 Å². The average Bonchev–Trinajstić information content (AvgIpc) is 2.38. The summed E-state index contributed by atoms with van der Waals surface area (Å²) in [7, 11) is 0. The van der Waals surface area contributed by atoms with Crippen LogP contribution in [0.3, 0.4) is 0 Å². The Kier molecular flexibility index (Phi) is 4.68. The molecule has 0 fully saturated rings. The zero-order valence-corrected chi connectivity index (χ0v) is 12.3. The van der Waals surface area contributed by atoms with Crippen molar-refractivity contribution in [3.05, 3.63) is 41.5 Å². The fourth-order valence-corrected chi connectivity index (χ4v) is 3.14.